The van der Waals surface area contributed by atoms with Crippen LogP contribution < -0.4 is 0 Å². The predicted octanol–water partition coefficient (Wildman–Crippen LogP) is 10.7. The van der Waals surface area contributed by atoms with Crippen molar-refractivity contribution >= 4 is 0 Å². The molecule has 0 aromatic heterocycles. The van der Waals surface area contributed by atoms with Crippen LogP contribution in [0.4, 0.5) is 22.0 Å². The molecule has 2 aromatic carbocycles. The van der Waals surface area contributed by atoms with Crippen molar-refractivity contribution in [3.05, 3.63) is 70.0 Å². The lowest BCUT2D eigenvalue weighted by molar-refractivity contribution is 0.175. The molecule has 0 atom stereocenters. The summed E-state index contributed by atoms with van der Waals surface area (Å²) in [4.78, 5) is 0. The van der Waals surface area contributed by atoms with Gasteiger partial charge in [0.05, 0.1) is 0 Å². The van der Waals surface area contributed by atoms with Crippen LogP contribution in [0, 0.1) is 46.8 Å². The molecule has 2 aromatic rings. The number of hydrogen-bond acceptors (Lipinski definition) is 0. The molecule has 5 heteroatoms. The number of halogens is 5. The van der Waals surface area contributed by atoms with Crippen LogP contribution in [0.2, 0.25) is 0 Å². The highest BCUT2D eigenvalue weighted by Gasteiger charge is 2.34. The highest BCUT2D eigenvalue weighted by molar-refractivity contribution is 5.32. The van der Waals surface area contributed by atoms with Crippen molar-refractivity contribution in [1.29, 1.82) is 0 Å². The third-order valence-electron chi connectivity index (χ3n) is 10.2. The molecule has 208 valence electrons. The summed E-state index contributed by atoms with van der Waals surface area (Å²) in [5, 5.41) is 0. The summed E-state index contributed by atoms with van der Waals surface area (Å²) in [5.74, 6) is -2.29. The Kier molecular flexibility index (Phi) is 8.79. The molecule has 3 saturated carbocycles. The Morgan fingerprint density at radius 3 is 1.37 bits per heavy atom. The van der Waals surface area contributed by atoms with Crippen molar-refractivity contribution in [2.24, 2.45) is 17.8 Å². The molecule has 3 fully saturated rings. The van der Waals surface area contributed by atoms with E-state index in [4.69, 9.17) is 0 Å². The van der Waals surface area contributed by atoms with Gasteiger partial charge in [-0.05, 0) is 148 Å². The summed E-state index contributed by atoms with van der Waals surface area (Å²) in [6.07, 6.45) is 14.0. The first kappa shape index (κ1) is 27.6. The van der Waals surface area contributed by atoms with Gasteiger partial charge in [0.2, 0.25) is 0 Å². The van der Waals surface area contributed by atoms with E-state index >= 15 is 8.78 Å². The van der Waals surface area contributed by atoms with Gasteiger partial charge in [-0.25, -0.2) is 22.0 Å². The molecular formula is C33H41F5. The zero-order chi connectivity index (χ0) is 26.8. The second kappa shape index (κ2) is 12.1. The smallest absolute Gasteiger partial charge is 0.194 e. The van der Waals surface area contributed by atoms with E-state index in [1.165, 1.54) is 12.8 Å². The zero-order valence-electron chi connectivity index (χ0n) is 22.6. The van der Waals surface area contributed by atoms with E-state index in [1.807, 2.05) is 0 Å². The quantitative estimate of drug-likeness (QED) is 0.256. The lowest BCUT2D eigenvalue weighted by atomic mass is 9.67. The summed E-state index contributed by atoms with van der Waals surface area (Å²) in [7, 11) is 0. The SMILES string of the molecule is CCCC1CCC(c2cc(F)c(C3CCC(C4CCC(c5cc(F)c(F)c(F)c5)CC4)CC3)c(F)c2)CC1. The van der Waals surface area contributed by atoms with Gasteiger partial charge >= 0.3 is 0 Å². The Morgan fingerprint density at radius 1 is 0.526 bits per heavy atom. The molecule has 0 spiro atoms. The first-order valence-corrected chi connectivity index (χ1v) is 15.0. The van der Waals surface area contributed by atoms with Gasteiger partial charge in [0, 0.05) is 5.56 Å². The third-order valence-corrected chi connectivity index (χ3v) is 10.2. The fourth-order valence-corrected chi connectivity index (χ4v) is 8.04. The van der Waals surface area contributed by atoms with Crippen LogP contribution in [-0.4, -0.2) is 0 Å². The first-order chi connectivity index (χ1) is 18.3. The fraction of sp³-hybridized carbons (Fsp3) is 0.636. The van der Waals surface area contributed by atoms with E-state index in [0.29, 0.717) is 17.4 Å². The Morgan fingerprint density at radius 2 is 0.921 bits per heavy atom. The lowest BCUT2D eigenvalue weighted by Gasteiger charge is -2.38. The normalized spacial score (nSPS) is 30.4. The first-order valence-electron chi connectivity index (χ1n) is 15.0. The van der Waals surface area contributed by atoms with Crippen LogP contribution >= 0.6 is 0 Å². The minimum atomic E-state index is -1.41. The molecule has 5 rings (SSSR count). The molecule has 38 heavy (non-hydrogen) atoms. The van der Waals surface area contributed by atoms with E-state index < -0.39 is 17.5 Å². The summed E-state index contributed by atoms with van der Waals surface area (Å²) in [6.45, 7) is 2.22. The van der Waals surface area contributed by atoms with E-state index in [2.05, 4.69) is 6.92 Å². The molecule has 0 aliphatic heterocycles. The van der Waals surface area contributed by atoms with E-state index in [0.717, 1.165) is 101 Å². The van der Waals surface area contributed by atoms with Crippen molar-refractivity contribution in [2.45, 2.75) is 115 Å². The van der Waals surface area contributed by atoms with Gasteiger partial charge < -0.3 is 0 Å². The van der Waals surface area contributed by atoms with Crippen molar-refractivity contribution < 1.29 is 22.0 Å². The van der Waals surface area contributed by atoms with Gasteiger partial charge in [-0.1, -0.05) is 19.8 Å². The summed E-state index contributed by atoms with van der Waals surface area (Å²) in [6, 6.07) is 5.52. The molecule has 0 unspecified atom stereocenters. The number of rotatable bonds is 6. The number of hydrogen-bond donors (Lipinski definition) is 0. The maximum atomic E-state index is 15.3. The second-order valence-corrected chi connectivity index (χ2v) is 12.4. The van der Waals surface area contributed by atoms with Crippen molar-refractivity contribution in [1.82, 2.24) is 0 Å². The van der Waals surface area contributed by atoms with Crippen molar-refractivity contribution in [2.75, 3.05) is 0 Å². The largest absolute Gasteiger partial charge is 0.207 e. The monoisotopic (exact) mass is 532 g/mol. The average Bonchev–Trinajstić information content (AvgIpc) is 2.92. The van der Waals surface area contributed by atoms with Gasteiger partial charge in [-0.2, -0.15) is 0 Å². The Hall–Kier alpha value is -1.91. The van der Waals surface area contributed by atoms with Crippen LogP contribution in [0.3, 0.4) is 0 Å². The topological polar surface area (TPSA) is 0 Å². The second-order valence-electron chi connectivity index (χ2n) is 12.4. The summed E-state index contributed by atoms with van der Waals surface area (Å²) in [5.41, 5.74) is 1.67. The van der Waals surface area contributed by atoms with Crippen molar-refractivity contribution in [3.63, 3.8) is 0 Å². The molecule has 0 amide bonds. The van der Waals surface area contributed by atoms with Crippen LogP contribution in [-0.2, 0) is 0 Å². The Balaban J connectivity index is 1.15. The van der Waals surface area contributed by atoms with E-state index in [9.17, 15) is 13.2 Å². The average molecular weight is 533 g/mol. The minimum Gasteiger partial charge on any atom is -0.207 e. The minimum absolute atomic E-state index is 0.0515. The van der Waals surface area contributed by atoms with Crippen LogP contribution in [0.1, 0.15) is 131 Å². The predicted molar refractivity (Wildman–Crippen MR) is 142 cm³/mol. The van der Waals surface area contributed by atoms with E-state index in [1.54, 1.807) is 12.1 Å². The third kappa shape index (κ3) is 5.97. The van der Waals surface area contributed by atoms with Gasteiger partial charge in [0.15, 0.2) is 17.5 Å². The molecule has 0 saturated heterocycles. The van der Waals surface area contributed by atoms with E-state index in [-0.39, 0.29) is 35.0 Å². The molecule has 0 N–H and O–H groups in total. The summed E-state index contributed by atoms with van der Waals surface area (Å²) < 4.78 is 71.2. The lowest BCUT2D eigenvalue weighted by Crippen LogP contribution is -2.25. The molecular weight excluding hydrogens is 491 g/mol. The maximum Gasteiger partial charge on any atom is 0.194 e. The molecule has 0 nitrogen and oxygen atoms in total. The molecule has 0 bridgehead atoms. The van der Waals surface area contributed by atoms with Gasteiger partial charge in [0.25, 0.3) is 0 Å². The Bertz CT molecular complexity index is 1040. The number of benzene rings is 2. The standard InChI is InChI=1S/C33H41F5/c1-2-3-20-4-6-23(7-5-20)26-16-28(34)32(29(35)17-26)25-14-12-22(13-15-25)21-8-10-24(11-9-21)27-18-30(36)33(38)31(37)19-27/h16-25H,2-15H2,1H3. The van der Waals surface area contributed by atoms with Crippen LogP contribution in [0.15, 0.2) is 24.3 Å². The molecule has 0 heterocycles. The van der Waals surface area contributed by atoms with Crippen LogP contribution in [0.5, 0.6) is 0 Å². The molecule has 3 aliphatic carbocycles. The van der Waals surface area contributed by atoms with Gasteiger partial charge in [-0.3, -0.25) is 0 Å². The Labute approximate surface area is 224 Å². The van der Waals surface area contributed by atoms with Gasteiger partial charge in [0.1, 0.15) is 11.6 Å². The molecule has 0 radical (unpaired) electrons. The zero-order valence-corrected chi connectivity index (χ0v) is 22.6. The van der Waals surface area contributed by atoms with Crippen LogP contribution in [0.25, 0.3) is 0 Å². The highest BCUT2D eigenvalue weighted by atomic mass is 19.2. The fourth-order valence-electron chi connectivity index (χ4n) is 8.04. The summed E-state index contributed by atoms with van der Waals surface area (Å²) >= 11 is 0. The van der Waals surface area contributed by atoms with Crippen molar-refractivity contribution in [3.8, 4) is 0 Å². The maximum absolute atomic E-state index is 15.3. The van der Waals surface area contributed by atoms with Gasteiger partial charge in [-0.15, -0.1) is 0 Å². The highest BCUT2D eigenvalue weighted by Crippen LogP contribution is 2.47. The molecule has 3 aliphatic rings.